The van der Waals surface area contributed by atoms with Crippen LogP contribution in [0.3, 0.4) is 0 Å². The molecule has 3 rings (SSSR count). The molecule has 2 aromatic carbocycles. The number of carbonyl (C=O) groups is 2. The fraction of sp³-hybridized carbons (Fsp3) is 0.300. The summed E-state index contributed by atoms with van der Waals surface area (Å²) >= 11 is 6.25. The first kappa shape index (κ1) is 19.8. The van der Waals surface area contributed by atoms with E-state index in [1.807, 2.05) is 32.0 Å². The monoisotopic (exact) mass is 403 g/mol. The number of ether oxygens (including phenoxy) is 2. The molecule has 8 heteroatoms. The normalized spacial score (nSPS) is 13.6. The lowest BCUT2D eigenvalue weighted by atomic mass is 10.0. The van der Waals surface area contributed by atoms with Gasteiger partial charge in [0.25, 0.3) is 0 Å². The number of hydrogen-bond donors (Lipinski definition) is 3. The highest BCUT2D eigenvalue weighted by Gasteiger charge is 2.26. The van der Waals surface area contributed by atoms with Crippen molar-refractivity contribution in [2.24, 2.45) is 5.92 Å². The molecule has 0 bridgehead atoms. The number of rotatable bonds is 5. The maximum atomic E-state index is 12.8. The Kier molecular flexibility index (Phi) is 6.26. The van der Waals surface area contributed by atoms with Crippen LogP contribution in [0.15, 0.2) is 42.5 Å². The quantitative estimate of drug-likeness (QED) is 0.706. The predicted molar refractivity (Wildman–Crippen MR) is 108 cm³/mol. The summed E-state index contributed by atoms with van der Waals surface area (Å²) in [6, 6.07) is 11.0. The van der Waals surface area contributed by atoms with Gasteiger partial charge in [-0.3, -0.25) is 4.79 Å². The average Bonchev–Trinajstić information content (AvgIpc) is 2.67. The summed E-state index contributed by atoms with van der Waals surface area (Å²) in [6.07, 6.45) is 0. The molecule has 0 saturated heterocycles. The van der Waals surface area contributed by atoms with Gasteiger partial charge < -0.3 is 25.4 Å². The Morgan fingerprint density at radius 2 is 1.64 bits per heavy atom. The number of carbonyl (C=O) groups excluding carboxylic acids is 2. The second-order valence-electron chi connectivity index (χ2n) is 6.65. The van der Waals surface area contributed by atoms with Gasteiger partial charge in [-0.15, -0.1) is 0 Å². The molecule has 148 valence electrons. The van der Waals surface area contributed by atoms with Gasteiger partial charge in [0.1, 0.15) is 19.3 Å². The molecule has 0 spiro atoms. The molecule has 2 aromatic rings. The van der Waals surface area contributed by atoms with Crippen molar-refractivity contribution < 1.29 is 19.1 Å². The Balaban J connectivity index is 1.68. The lowest BCUT2D eigenvalue weighted by molar-refractivity contribution is -0.118. The van der Waals surface area contributed by atoms with Gasteiger partial charge in [0.2, 0.25) is 5.91 Å². The van der Waals surface area contributed by atoms with Crippen LogP contribution in [0.5, 0.6) is 11.5 Å². The zero-order chi connectivity index (χ0) is 20.1. The summed E-state index contributed by atoms with van der Waals surface area (Å²) in [4.78, 5) is 25.1. The molecule has 3 N–H and O–H groups in total. The fourth-order valence-corrected chi connectivity index (χ4v) is 2.94. The number of amides is 3. The minimum Gasteiger partial charge on any atom is -0.486 e. The standard InChI is InChI=1S/C20H22ClN3O4/c1-12(2)18(24-20(26)22-13-6-4-3-5-7-13)19(25)23-15-11-17-16(10-14(15)21)27-8-9-28-17/h3-7,10-12,18H,8-9H2,1-2H3,(H,23,25)(H2,22,24,26). The number of urea groups is 1. The van der Waals surface area contributed by atoms with Crippen LogP contribution >= 0.6 is 11.6 Å². The Labute approximate surface area is 168 Å². The molecular weight excluding hydrogens is 382 g/mol. The van der Waals surface area contributed by atoms with Gasteiger partial charge in [-0.1, -0.05) is 43.6 Å². The first-order valence-corrected chi connectivity index (χ1v) is 9.34. The molecular formula is C20H22ClN3O4. The maximum absolute atomic E-state index is 12.8. The molecule has 0 fully saturated rings. The van der Waals surface area contributed by atoms with Crippen LogP contribution in [0.1, 0.15) is 13.8 Å². The zero-order valence-electron chi connectivity index (χ0n) is 15.6. The number of benzene rings is 2. The van der Waals surface area contributed by atoms with Crippen LogP contribution in [0.25, 0.3) is 0 Å². The van der Waals surface area contributed by atoms with Crippen molar-refractivity contribution in [3.63, 3.8) is 0 Å². The summed E-state index contributed by atoms with van der Waals surface area (Å²) in [5.41, 5.74) is 1.03. The number of halogens is 1. The van der Waals surface area contributed by atoms with E-state index in [9.17, 15) is 9.59 Å². The van der Waals surface area contributed by atoms with Gasteiger partial charge in [-0.05, 0) is 18.1 Å². The smallest absolute Gasteiger partial charge is 0.319 e. The Morgan fingerprint density at radius 1 is 1.00 bits per heavy atom. The van der Waals surface area contributed by atoms with Crippen molar-refractivity contribution in [2.45, 2.75) is 19.9 Å². The SMILES string of the molecule is CC(C)C(NC(=O)Nc1ccccc1)C(=O)Nc1cc2c(cc1Cl)OCCO2. The van der Waals surface area contributed by atoms with E-state index in [1.54, 1.807) is 24.3 Å². The van der Waals surface area contributed by atoms with Crippen molar-refractivity contribution in [2.75, 3.05) is 23.8 Å². The fourth-order valence-electron chi connectivity index (χ4n) is 2.74. The summed E-state index contributed by atoms with van der Waals surface area (Å²) in [6.45, 7) is 4.57. The lowest BCUT2D eigenvalue weighted by Crippen LogP contribution is -2.48. The Hall–Kier alpha value is -2.93. The number of anilines is 2. The number of hydrogen-bond acceptors (Lipinski definition) is 4. The first-order chi connectivity index (χ1) is 13.4. The van der Waals surface area contributed by atoms with Crippen molar-refractivity contribution in [1.29, 1.82) is 0 Å². The molecule has 0 aromatic heterocycles. The molecule has 3 amide bonds. The van der Waals surface area contributed by atoms with Gasteiger partial charge in [0, 0.05) is 17.8 Å². The van der Waals surface area contributed by atoms with Crippen LogP contribution < -0.4 is 25.4 Å². The van der Waals surface area contributed by atoms with E-state index in [2.05, 4.69) is 16.0 Å². The third-order valence-electron chi connectivity index (χ3n) is 4.16. The van der Waals surface area contributed by atoms with Gasteiger partial charge in [0.15, 0.2) is 11.5 Å². The molecule has 1 atom stereocenters. The molecule has 1 heterocycles. The second kappa shape index (κ2) is 8.84. The van der Waals surface area contributed by atoms with Crippen LogP contribution in [-0.4, -0.2) is 31.2 Å². The van der Waals surface area contributed by atoms with E-state index >= 15 is 0 Å². The zero-order valence-corrected chi connectivity index (χ0v) is 16.4. The van der Waals surface area contributed by atoms with Crippen molar-refractivity contribution in [1.82, 2.24) is 5.32 Å². The summed E-state index contributed by atoms with van der Waals surface area (Å²) in [5.74, 6) is 0.533. The van der Waals surface area contributed by atoms with Gasteiger partial charge >= 0.3 is 6.03 Å². The summed E-state index contributed by atoms with van der Waals surface area (Å²) in [5, 5.41) is 8.50. The van der Waals surface area contributed by atoms with Gasteiger partial charge in [0.05, 0.1) is 10.7 Å². The number of para-hydroxylation sites is 1. The highest BCUT2D eigenvalue weighted by atomic mass is 35.5. The van der Waals surface area contributed by atoms with Crippen LogP contribution in [-0.2, 0) is 4.79 Å². The van der Waals surface area contributed by atoms with Gasteiger partial charge in [-0.2, -0.15) is 0 Å². The third kappa shape index (κ3) is 4.86. The van der Waals surface area contributed by atoms with E-state index in [-0.39, 0.29) is 11.8 Å². The minimum absolute atomic E-state index is 0.141. The third-order valence-corrected chi connectivity index (χ3v) is 4.47. The van der Waals surface area contributed by atoms with Crippen molar-refractivity contribution in [3.8, 4) is 11.5 Å². The van der Waals surface area contributed by atoms with E-state index in [4.69, 9.17) is 21.1 Å². The molecule has 7 nitrogen and oxygen atoms in total. The molecule has 1 aliphatic heterocycles. The number of fused-ring (bicyclic) bond motifs is 1. The van der Waals surface area contributed by atoms with Crippen LogP contribution in [0, 0.1) is 5.92 Å². The minimum atomic E-state index is -0.757. The molecule has 1 aliphatic rings. The van der Waals surface area contributed by atoms with Crippen LogP contribution in [0.2, 0.25) is 5.02 Å². The topological polar surface area (TPSA) is 88.7 Å². The summed E-state index contributed by atoms with van der Waals surface area (Å²) in [7, 11) is 0. The molecule has 0 aliphatic carbocycles. The van der Waals surface area contributed by atoms with Gasteiger partial charge in [-0.25, -0.2) is 4.79 Å². The lowest BCUT2D eigenvalue weighted by Gasteiger charge is -2.23. The van der Waals surface area contributed by atoms with Crippen molar-refractivity contribution >= 4 is 34.9 Å². The molecule has 0 radical (unpaired) electrons. The largest absolute Gasteiger partial charge is 0.486 e. The highest BCUT2D eigenvalue weighted by molar-refractivity contribution is 6.34. The highest BCUT2D eigenvalue weighted by Crippen LogP contribution is 2.38. The second-order valence-corrected chi connectivity index (χ2v) is 7.06. The average molecular weight is 404 g/mol. The van der Waals surface area contributed by atoms with E-state index < -0.39 is 12.1 Å². The Morgan fingerprint density at radius 3 is 2.29 bits per heavy atom. The first-order valence-electron chi connectivity index (χ1n) is 8.96. The molecule has 0 saturated carbocycles. The molecule has 1 unspecified atom stereocenters. The predicted octanol–water partition coefficient (Wildman–Crippen LogP) is 3.90. The van der Waals surface area contributed by atoms with E-state index in [1.165, 1.54) is 0 Å². The van der Waals surface area contributed by atoms with E-state index in [0.29, 0.717) is 41.1 Å². The maximum Gasteiger partial charge on any atom is 0.319 e. The number of nitrogens with one attached hydrogen (secondary N) is 3. The molecule has 28 heavy (non-hydrogen) atoms. The van der Waals surface area contributed by atoms with Crippen LogP contribution in [0.4, 0.5) is 16.2 Å². The summed E-state index contributed by atoms with van der Waals surface area (Å²) < 4.78 is 11.0. The van der Waals surface area contributed by atoms with Crippen molar-refractivity contribution in [3.05, 3.63) is 47.5 Å². The van der Waals surface area contributed by atoms with E-state index in [0.717, 1.165) is 0 Å². The Bertz CT molecular complexity index is 858.